The number of carbonyl (C=O) groups excluding carboxylic acids is 2. The number of methoxy groups -OCH3 is 1. The van der Waals surface area contributed by atoms with Crippen molar-refractivity contribution in [3.63, 3.8) is 0 Å². The Balaban J connectivity index is 2.26. The number of rotatable bonds is 2. The van der Waals surface area contributed by atoms with Crippen LogP contribution in [-0.2, 0) is 4.74 Å². The van der Waals surface area contributed by atoms with Crippen molar-refractivity contribution in [2.24, 2.45) is 0 Å². The number of ether oxygens (including phenoxy) is 1. The van der Waals surface area contributed by atoms with Gasteiger partial charge >= 0.3 is 5.97 Å². The average Bonchev–Trinajstić information content (AvgIpc) is 2.93. The van der Waals surface area contributed by atoms with Crippen molar-refractivity contribution < 1.29 is 14.3 Å². The van der Waals surface area contributed by atoms with Gasteiger partial charge in [0.2, 0.25) is 5.91 Å². The molecule has 0 unspecified atom stereocenters. The number of fused-ring (bicyclic) bond motifs is 1. The molecule has 0 fully saturated rings. The molecule has 0 atom stereocenters. The summed E-state index contributed by atoms with van der Waals surface area (Å²) in [4.78, 5) is 23.7. The van der Waals surface area contributed by atoms with Gasteiger partial charge in [-0.1, -0.05) is 30.3 Å². The van der Waals surface area contributed by atoms with E-state index in [9.17, 15) is 9.59 Å². The third-order valence-corrected chi connectivity index (χ3v) is 3.61. The van der Waals surface area contributed by atoms with E-state index in [1.54, 1.807) is 22.8 Å². The molecule has 1 aromatic heterocycles. The third kappa shape index (κ3) is 2.29. The Hall–Kier alpha value is -2.88. The molecule has 0 aliphatic heterocycles. The van der Waals surface area contributed by atoms with Gasteiger partial charge in [0.05, 0.1) is 23.9 Å². The van der Waals surface area contributed by atoms with Gasteiger partial charge in [-0.05, 0) is 29.8 Å². The lowest BCUT2D eigenvalue weighted by Crippen LogP contribution is -2.07. The molecule has 110 valence electrons. The van der Waals surface area contributed by atoms with Gasteiger partial charge in [0, 0.05) is 12.3 Å². The molecule has 0 N–H and O–H groups in total. The summed E-state index contributed by atoms with van der Waals surface area (Å²) in [6, 6.07) is 16.8. The van der Waals surface area contributed by atoms with E-state index in [2.05, 4.69) is 0 Å². The molecule has 0 bridgehead atoms. The maximum Gasteiger partial charge on any atom is 0.337 e. The summed E-state index contributed by atoms with van der Waals surface area (Å²) in [6.07, 6.45) is 0. The minimum atomic E-state index is -0.390. The zero-order valence-corrected chi connectivity index (χ0v) is 12.4. The molecule has 3 aromatic rings. The lowest BCUT2D eigenvalue weighted by atomic mass is 10.1. The largest absolute Gasteiger partial charge is 0.465 e. The quantitative estimate of drug-likeness (QED) is 0.676. The van der Waals surface area contributed by atoms with Crippen LogP contribution in [0, 0.1) is 0 Å². The fraction of sp³-hybridized carbons (Fsp3) is 0.111. The molecule has 0 amide bonds. The molecule has 3 rings (SSSR count). The molecule has 0 aliphatic carbocycles. The Labute approximate surface area is 127 Å². The minimum Gasteiger partial charge on any atom is -0.465 e. The highest BCUT2D eigenvalue weighted by Gasteiger charge is 2.15. The third-order valence-electron chi connectivity index (χ3n) is 3.61. The van der Waals surface area contributed by atoms with Crippen molar-refractivity contribution in [3.05, 3.63) is 60.2 Å². The van der Waals surface area contributed by atoms with E-state index in [4.69, 9.17) is 4.74 Å². The Morgan fingerprint density at radius 3 is 2.36 bits per heavy atom. The lowest BCUT2D eigenvalue weighted by molar-refractivity contribution is 0.0601. The molecule has 1 heterocycles. The number of aromatic nitrogens is 1. The van der Waals surface area contributed by atoms with Crippen LogP contribution in [-0.4, -0.2) is 23.6 Å². The van der Waals surface area contributed by atoms with E-state index >= 15 is 0 Å². The van der Waals surface area contributed by atoms with Gasteiger partial charge in [-0.15, -0.1) is 0 Å². The Morgan fingerprint density at radius 2 is 1.73 bits per heavy atom. The number of nitrogens with zero attached hydrogens (tertiary/aromatic N) is 1. The molecule has 0 saturated carbocycles. The topological polar surface area (TPSA) is 48.3 Å². The minimum absolute atomic E-state index is 0.0697. The highest BCUT2D eigenvalue weighted by Crippen LogP contribution is 2.29. The van der Waals surface area contributed by atoms with Crippen LogP contribution in [0.3, 0.4) is 0 Å². The zero-order chi connectivity index (χ0) is 15.7. The van der Waals surface area contributed by atoms with Gasteiger partial charge in [0.1, 0.15) is 0 Å². The number of hydrogen-bond donors (Lipinski definition) is 0. The van der Waals surface area contributed by atoms with Crippen LogP contribution in [0.2, 0.25) is 0 Å². The highest BCUT2D eigenvalue weighted by atomic mass is 16.5. The maximum absolute atomic E-state index is 12.1. The van der Waals surface area contributed by atoms with Crippen LogP contribution in [0.15, 0.2) is 54.6 Å². The van der Waals surface area contributed by atoms with E-state index in [1.165, 1.54) is 14.0 Å². The molecule has 0 saturated heterocycles. The lowest BCUT2D eigenvalue weighted by Gasteiger charge is -2.06. The average molecular weight is 293 g/mol. The molecular weight excluding hydrogens is 278 g/mol. The van der Waals surface area contributed by atoms with Gasteiger partial charge in [0.25, 0.3) is 0 Å². The fourth-order valence-electron chi connectivity index (χ4n) is 2.62. The van der Waals surface area contributed by atoms with Crippen molar-refractivity contribution >= 4 is 22.8 Å². The Morgan fingerprint density at radius 1 is 1.00 bits per heavy atom. The summed E-state index contributed by atoms with van der Waals surface area (Å²) in [5.74, 6) is -0.460. The van der Waals surface area contributed by atoms with Crippen molar-refractivity contribution in [1.82, 2.24) is 4.57 Å². The predicted molar refractivity (Wildman–Crippen MR) is 85.0 cm³/mol. The summed E-state index contributed by atoms with van der Waals surface area (Å²) in [5.41, 5.74) is 3.01. The summed E-state index contributed by atoms with van der Waals surface area (Å²) in [6.45, 7) is 1.53. The molecular formula is C18H15NO3. The second-order valence-corrected chi connectivity index (χ2v) is 5.02. The summed E-state index contributed by atoms with van der Waals surface area (Å²) >= 11 is 0. The van der Waals surface area contributed by atoms with Crippen LogP contribution in [0.4, 0.5) is 0 Å². The van der Waals surface area contributed by atoms with Crippen LogP contribution in [0.5, 0.6) is 0 Å². The van der Waals surface area contributed by atoms with Crippen LogP contribution >= 0.6 is 0 Å². The van der Waals surface area contributed by atoms with E-state index in [0.717, 1.165) is 22.2 Å². The number of carbonyl (C=O) groups is 2. The van der Waals surface area contributed by atoms with E-state index in [0.29, 0.717) is 5.56 Å². The van der Waals surface area contributed by atoms with Crippen molar-refractivity contribution in [1.29, 1.82) is 0 Å². The monoisotopic (exact) mass is 293 g/mol. The first-order valence-corrected chi connectivity index (χ1v) is 6.92. The molecule has 4 heteroatoms. The summed E-state index contributed by atoms with van der Waals surface area (Å²) in [7, 11) is 1.35. The van der Waals surface area contributed by atoms with Crippen molar-refractivity contribution in [3.8, 4) is 11.3 Å². The Kier molecular flexibility index (Phi) is 3.51. The molecule has 2 aromatic carbocycles. The SMILES string of the molecule is COC(=O)c1ccc2c(c1)cc(-c1ccccc1)n2C(C)=O. The molecule has 0 aliphatic rings. The van der Waals surface area contributed by atoms with Gasteiger partial charge < -0.3 is 4.74 Å². The number of hydrogen-bond acceptors (Lipinski definition) is 3. The smallest absolute Gasteiger partial charge is 0.337 e. The standard InChI is InChI=1S/C18H15NO3/c1-12(20)19-16-9-8-14(18(21)22-2)10-15(16)11-17(19)13-6-4-3-5-7-13/h3-11H,1-2H3. The van der Waals surface area contributed by atoms with Gasteiger partial charge in [-0.2, -0.15) is 0 Å². The van der Waals surface area contributed by atoms with Crippen LogP contribution in [0.25, 0.3) is 22.2 Å². The second kappa shape index (κ2) is 5.48. The highest BCUT2D eigenvalue weighted by molar-refractivity contribution is 6.01. The van der Waals surface area contributed by atoms with Crippen molar-refractivity contribution in [2.75, 3.05) is 7.11 Å². The first-order valence-electron chi connectivity index (χ1n) is 6.92. The van der Waals surface area contributed by atoms with Crippen molar-refractivity contribution in [2.45, 2.75) is 6.92 Å². The van der Waals surface area contributed by atoms with E-state index in [-0.39, 0.29) is 5.91 Å². The van der Waals surface area contributed by atoms with Crippen LogP contribution in [0.1, 0.15) is 22.1 Å². The predicted octanol–water partition coefficient (Wildman–Crippen LogP) is 3.76. The summed E-state index contributed by atoms with van der Waals surface area (Å²) < 4.78 is 6.40. The first-order chi connectivity index (χ1) is 10.6. The van der Waals surface area contributed by atoms with Crippen LogP contribution < -0.4 is 0 Å². The van der Waals surface area contributed by atoms with Gasteiger partial charge in [-0.3, -0.25) is 9.36 Å². The zero-order valence-electron chi connectivity index (χ0n) is 12.4. The molecule has 4 nitrogen and oxygen atoms in total. The van der Waals surface area contributed by atoms with E-state index < -0.39 is 5.97 Å². The number of esters is 1. The first kappa shape index (κ1) is 14.1. The molecule has 0 radical (unpaired) electrons. The molecule has 22 heavy (non-hydrogen) atoms. The normalized spacial score (nSPS) is 10.6. The molecule has 0 spiro atoms. The number of benzene rings is 2. The summed E-state index contributed by atoms with van der Waals surface area (Å²) in [5, 5.41) is 0.831. The second-order valence-electron chi connectivity index (χ2n) is 5.02. The van der Waals surface area contributed by atoms with Gasteiger partial charge in [-0.25, -0.2) is 4.79 Å². The van der Waals surface area contributed by atoms with Gasteiger partial charge in [0.15, 0.2) is 0 Å². The Bertz CT molecular complexity index is 863. The van der Waals surface area contributed by atoms with E-state index in [1.807, 2.05) is 36.4 Å². The maximum atomic E-state index is 12.1. The fourth-order valence-corrected chi connectivity index (χ4v) is 2.62.